The monoisotopic (exact) mass is 230 g/mol. The molecule has 0 aliphatic heterocycles. The molecule has 0 atom stereocenters. The first-order valence-electron chi connectivity index (χ1n) is 5.20. The molecule has 1 rings (SSSR count). The van der Waals surface area contributed by atoms with Crippen LogP contribution in [0.3, 0.4) is 0 Å². The van der Waals surface area contributed by atoms with Crippen molar-refractivity contribution in [2.45, 2.75) is 0 Å². The van der Waals surface area contributed by atoms with Crippen LogP contribution >= 0.6 is 0 Å². The van der Waals surface area contributed by atoms with Gasteiger partial charge in [0.25, 0.3) is 0 Å². The Morgan fingerprint density at radius 1 is 1.35 bits per heavy atom. The largest absolute Gasteiger partial charge is 0.489 e. The molecule has 3 nitrogen and oxygen atoms in total. The smallest absolute Gasteiger partial charge is 0.488 e. The number of rotatable bonds is 6. The van der Waals surface area contributed by atoms with Gasteiger partial charge in [-0.25, -0.2) is 0 Å². The van der Waals surface area contributed by atoms with Crippen LogP contribution in [0.4, 0.5) is 0 Å². The van der Waals surface area contributed by atoms with E-state index in [9.17, 15) is 0 Å². The molecule has 88 valence electrons. The lowest BCUT2D eigenvalue weighted by atomic mass is 9.80. The van der Waals surface area contributed by atoms with Gasteiger partial charge in [0.05, 0.1) is 0 Å². The highest BCUT2D eigenvalue weighted by atomic mass is 16.5. The third-order valence-electron chi connectivity index (χ3n) is 2.16. The number of benzene rings is 1. The van der Waals surface area contributed by atoms with Crippen LogP contribution in [0.1, 0.15) is 0 Å². The van der Waals surface area contributed by atoms with Gasteiger partial charge in [0.2, 0.25) is 0 Å². The lowest BCUT2D eigenvalue weighted by Gasteiger charge is -2.08. The normalized spacial score (nSPS) is 10.8. The molecule has 0 bridgehead atoms. The summed E-state index contributed by atoms with van der Waals surface area (Å²) in [6, 6.07) is 6.65. The Labute approximate surface area is 102 Å². The van der Waals surface area contributed by atoms with Crippen LogP contribution in [0.25, 0.3) is 0 Å². The summed E-state index contributed by atoms with van der Waals surface area (Å²) in [5.74, 6) is 0.576. The van der Waals surface area contributed by atoms with Gasteiger partial charge >= 0.3 is 7.12 Å². The quantitative estimate of drug-likeness (QED) is 0.567. The van der Waals surface area contributed by atoms with E-state index >= 15 is 0 Å². The average molecular weight is 230 g/mol. The fraction of sp³-hybridized carbons (Fsp3) is 0.0769. The minimum absolute atomic E-state index is 0.362. The van der Waals surface area contributed by atoms with Crippen molar-refractivity contribution in [2.75, 3.05) is 6.61 Å². The Balaban J connectivity index is 2.69. The first kappa shape index (κ1) is 13.3. The summed E-state index contributed by atoms with van der Waals surface area (Å²) >= 11 is 0. The zero-order valence-electron chi connectivity index (χ0n) is 9.54. The molecule has 0 heterocycles. The van der Waals surface area contributed by atoms with E-state index in [1.807, 2.05) is 0 Å². The van der Waals surface area contributed by atoms with Crippen LogP contribution in [0.2, 0.25) is 0 Å². The number of allylic oxidation sites excluding steroid dienone is 2. The minimum Gasteiger partial charge on any atom is -0.489 e. The van der Waals surface area contributed by atoms with Gasteiger partial charge in [-0.2, -0.15) is 0 Å². The molecule has 2 N–H and O–H groups in total. The van der Waals surface area contributed by atoms with Gasteiger partial charge in [-0.05, 0) is 23.2 Å². The van der Waals surface area contributed by atoms with Crippen molar-refractivity contribution in [3.05, 3.63) is 61.2 Å². The lowest BCUT2D eigenvalue weighted by molar-refractivity contribution is 0.355. The molecule has 17 heavy (non-hydrogen) atoms. The maximum absolute atomic E-state index is 9.02. The van der Waals surface area contributed by atoms with Crippen molar-refractivity contribution in [1.29, 1.82) is 0 Å². The zero-order chi connectivity index (χ0) is 12.7. The van der Waals surface area contributed by atoms with Crippen molar-refractivity contribution in [2.24, 2.45) is 0 Å². The fourth-order valence-corrected chi connectivity index (χ4v) is 1.26. The molecule has 0 aliphatic rings. The molecule has 0 aliphatic carbocycles. The molecule has 1 aromatic carbocycles. The van der Waals surface area contributed by atoms with E-state index < -0.39 is 7.12 Å². The van der Waals surface area contributed by atoms with E-state index in [-0.39, 0.29) is 0 Å². The van der Waals surface area contributed by atoms with E-state index in [4.69, 9.17) is 14.8 Å². The standard InChI is InChI=1S/C13H15BO3/c1-3-6-11(4-2)10-17-13-8-5-7-12(9-13)14(15)16/h3-9,15-16H,1-2,10H2/b11-6+. The van der Waals surface area contributed by atoms with E-state index in [2.05, 4.69) is 13.2 Å². The maximum Gasteiger partial charge on any atom is 0.488 e. The van der Waals surface area contributed by atoms with Gasteiger partial charge in [-0.3, -0.25) is 0 Å². The maximum atomic E-state index is 9.02. The van der Waals surface area contributed by atoms with Crippen molar-refractivity contribution >= 4 is 12.6 Å². The molecular formula is C13H15BO3. The van der Waals surface area contributed by atoms with Crippen LogP contribution in [-0.4, -0.2) is 23.8 Å². The molecule has 0 spiro atoms. The van der Waals surface area contributed by atoms with Gasteiger partial charge in [-0.1, -0.05) is 43.5 Å². The zero-order valence-corrected chi connectivity index (χ0v) is 9.54. The summed E-state index contributed by atoms with van der Waals surface area (Å²) < 4.78 is 5.49. The highest BCUT2D eigenvalue weighted by Crippen LogP contribution is 2.09. The van der Waals surface area contributed by atoms with Crippen molar-refractivity contribution < 1.29 is 14.8 Å². The van der Waals surface area contributed by atoms with Gasteiger partial charge in [0, 0.05) is 0 Å². The Bertz CT molecular complexity index is 424. The molecule has 0 saturated carbocycles. The van der Waals surface area contributed by atoms with Crippen molar-refractivity contribution in [1.82, 2.24) is 0 Å². The number of ether oxygens (including phenoxy) is 1. The molecule has 0 radical (unpaired) electrons. The van der Waals surface area contributed by atoms with Gasteiger partial charge < -0.3 is 14.8 Å². The summed E-state index contributed by atoms with van der Waals surface area (Å²) in [4.78, 5) is 0. The molecular weight excluding hydrogens is 215 g/mol. The molecule has 0 aromatic heterocycles. The Kier molecular flexibility index (Phi) is 5.26. The molecule has 0 saturated heterocycles. The predicted octanol–water partition coefficient (Wildman–Crippen LogP) is 1.04. The molecule has 1 aromatic rings. The summed E-state index contributed by atoms with van der Waals surface area (Å²) in [7, 11) is -1.49. The second-order valence-corrected chi connectivity index (χ2v) is 3.42. The molecule has 4 heteroatoms. The highest BCUT2D eigenvalue weighted by Gasteiger charge is 2.10. The average Bonchev–Trinajstić information content (AvgIpc) is 2.34. The van der Waals surface area contributed by atoms with Crippen LogP contribution in [-0.2, 0) is 0 Å². The first-order valence-corrected chi connectivity index (χ1v) is 5.20. The van der Waals surface area contributed by atoms with Crippen LogP contribution in [0.15, 0.2) is 61.2 Å². The Morgan fingerprint density at radius 3 is 2.71 bits per heavy atom. The second kappa shape index (κ2) is 6.73. The van der Waals surface area contributed by atoms with Gasteiger partial charge in [0.1, 0.15) is 12.4 Å². The SMILES string of the molecule is C=C/C=C(\C=C)COc1cccc(B(O)O)c1. The lowest BCUT2D eigenvalue weighted by Crippen LogP contribution is -2.29. The van der Waals surface area contributed by atoms with Gasteiger partial charge in [-0.15, -0.1) is 0 Å². The van der Waals surface area contributed by atoms with E-state index in [0.717, 1.165) is 5.57 Å². The topological polar surface area (TPSA) is 49.7 Å². The number of hydrogen-bond donors (Lipinski definition) is 2. The van der Waals surface area contributed by atoms with Crippen LogP contribution < -0.4 is 10.2 Å². The Morgan fingerprint density at radius 2 is 2.12 bits per heavy atom. The van der Waals surface area contributed by atoms with Crippen LogP contribution in [0, 0.1) is 0 Å². The van der Waals surface area contributed by atoms with E-state index in [0.29, 0.717) is 17.8 Å². The second-order valence-electron chi connectivity index (χ2n) is 3.42. The van der Waals surface area contributed by atoms with Crippen molar-refractivity contribution in [3.63, 3.8) is 0 Å². The highest BCUT2D eigenvalue weighted by molar-refractivity contribution is 6.58. The molecule has 0 unspecified atom stereocenters. The fourth-order valence-electron chi connectivity index (χ4n) is 1.26. The molecule has 0 fully saturated rings. The van der Waals surface area contributed by atoms with Gasteiger partial charge in [0.15, 0.2) is 0 Å². The summed E-state index contributed by atoms with van der Waals surface area (Å²) in [6.45, 7) is 7.62. The van der Waals surface area contributed by atoms with E-state index in [1.54, 1.807) is 42.5 Å². The first-order chi connectivity index (χ1) is 8.17. The Hall–Kier alpha value is -1.78. The van der Waals surface area contributed by atoms with E-state index in [1.165, 1.54) is 0 Å². The third kappa shape index (κ3) is 4.30. The summed E-state index contributed by atoms with van der Waals surface area (Å²) in [5, 5.41) is 18.0. The summed E-state index contributed by atoms with van der Waals surface area (Å²) in [6.07, 6.45) is 5.15. The minimum atomic E-state index is -1.49. The number of hydrogen-bond acceptors (Lipinski definition) is 3. The summed E-state index contributed by atoms with van der Waals surface area (Å²) in [5.41, 5.74) is 1.30. The predicted molar refractivity (Wildman–Crippen MR) is 70.2 cm³/mol. The van der Waals surface area contributed by atoms with Crippen molar-refractivity contribution in [3.8, 4) is 5.75 Å². The third-order valence-corrected chi connectivity index (χ3v) is 2.16. The van der Waals surface area contributed by atoms with Crippen LogP contribution in [0.5, 0.6) is 5.75 Å². The molecule has 0 amide bonds.